The highest BCUT2D eigenvalue weighted by Crippen LogP contribution is 2.23. The Labute approximate surface area is 118 Å². The van der Waals surface area contributed by atoms with Gasteiger partial charge in [0.05, 0.1) is 11.4 Å². The maximum Gasteiger partial charge on any atom is 0.224 e. The molecule has 0 radical (unpaired) electrons. The van der Waals surface area contributed by atoms with Crippen LogP contribution >= 0.6 is 0 Å². The van der Waals surface area contributed by atoms with Gasteiger partial charge in [0, 0.05) is 12.5 Å². The van der Waals surface area contributed by atoms with E-state index in [1.807, 2.05) is 25.1 Å². The quantitative estimate of drug-likeness (QED) is 0.590. The summed E-state index contributed by atoms with van der Waals surface area (Å²) in [6, 6.07) is 12.6. The molecule has 0 saturated carbocycles. The van der Waals surface area contributed by atoms with E-state index in [1.165, 1.54) is 17.7 Å². The number of amides is 1. The Balaban J connectivity index is 1.92. The predicted octanol–water partition coefficient (Wildman–Crippen LogP) is 2.85. The number of aromatic hydroxyl groups is 1. The molecule has 0 bridgehead atoms. The Hall–Kier alpha value is -2.49. The first-order chi connectivity index (χ1) is 9.54. The molecule has 4 N–H and O–H groups in total. The summed E-state index contributed by atoms with van der Waals surface area (Å²) >= 11 is 0. The van der Waals surface area contributed by atoms with Crippen LogP contribution in [0, 0.1) is 6.92 Å². The monoisotopic (exact) mass is 270 g/mol. The molecular formula is C16H18N2O2. The van der Waals surface area contributed by atoms with Crippen molar-refractivity contribution in [2.24, 2.45) is 0 Å². The summed E-state index contributed by atoms with van der Waals surface area (Å²) in [6.07, 6.45) is 1.08. The zero-order valence-electron chi connectivity index (χ0n) is 11.4. The lowest BCUT2D eigenvalue weighted by Gasteiger charge is -2.08. The van der Waals surface area contributed by atoms with Crippen LogP contribution in [0.1, 0.15) is 17.5 Å². The van der Waals surface area contributed by atoms with Crippen LogP contribution in [0.4, 0.5) is 11.4 Å². The fourth-order valence-electron chi connectivity index (χ4n) is 2.00. The van der Waals surface area contributed by atoms with Crippen LogP contribution in [0.15, 0.2) is 42.5 Å². The summed E-state index contributed by atoms with van der Waals surface area (Å²) in [5, 5.41) is 12.0. The molecule has 0 aliphatic rings. The number of anilines is 2. The van der Waals surface area contributed by atoms with Gasteiger partial charge in [0.25, 0.3) is 0 Å². The van der Waals surface area contributed by atoms with Gasteiger partial charge in [-0.2, -0.15) is 0 Å². The van der Waals surface area contributed by atoms with Gasteiger partial charge in [0.2, 0.25) is 5.91 Å². The van der Waals surface area contributed by atoms with Gasteiger partial charge in [-0.05, 0) is 31.0 Å². The minimum absolute atomic E-state index is 0.0836. The van der Waals surface area contributed by atoms with Gasteiger partial charge in [0.15, 0.2) is 0 Å². The number of aryl methyl sites for hydroxylation is 2. The van der Waals surface area contributed by atoms with Gasteiger partial charge in [-0.1, -0.05) is 29.8 Å². The van der Waals surface area contributed by atoms with E-state index in [0.717, 1.165) is 5.56 Å². The first kappa shape index (κ1) is 13.9. The third-order valence-electron chi connectivity index (χ3n) is 3.03. The second-order valence-electron chi connectivity index (χ2n) is 4.81. The van der Waals surface area contributed by atoms with Gasteiger partial charge >= 0.3 is 0 Å². The second-order valence-corrected chi connectivity index (χ2v) is 4.81. The van der Waals surface area contributed by atoms with Gasteiger partial charge in [-0.3, -0.25) is 4.79 Å². The Bertz CT molecular complexity index is 624. The maximum atomic E-state index is 11.9. The number of phenols is 1. The average Bonchev–Trinajstić information content (AvgIpc) is 2.40. The van der Waals surface area contributed by atoms with E-state index in [0.29, 0.717) is 24.2 Å². The van der Waals surface area contributed by atoms with Crippen LogP contribution in [0.25, 0.3) is 0 Å². The molecule has 0 spiro atoms. The molecule has 0 atom stereocenters. The topological polar surface area (TPSA) is 75.3 Å². The molecule has 2 rings (SSSR count). The van der Waals surface area contributed by atoms with E-state index >= 15 is 0 Å². The minimum atomic E-state index is -0.0936. The number of phenolic OH excluding ortho intramolecular Hbond substituents is 1. The SMILES string of the molecule is Cc1cccc(CCC(=O)Nc2ccc(O)cc2N)c1. The van der Waals surface area contributed by atoms with Crippen LogP contribution in [-0.2, 0) is 11.2 Å². The Morgan fingerprint density at radius 3 is 2.75 bits per heavy atom. The third-order valence-corrected chi connectivity index (χ3v) is 3.03. The second kappa shape index (κ2) is 6.10. The number of nitrogens with one attached hydrogen (secondary N) is 1. The van der Waals surface area contributed by atoms with Crippen LogP contribution in [0.2, 0.25) is 0 Å². The smallest absolute Gasteiger partial charge is 0.224 e. The minimum Gasteiger partial charge on any atom is -0.508 e. The standard InChI is InChI=1S/C16H18N2O2/c1-11-3-2-4-12(9-11)5-8-16(20)18-15-7-6-13(19)10-14(15)17/h2-4,6-7,9-10,19H,5,8,17H2,1H3,(H,18,20). The van der Waals surface area contributed by atoms with E-state index < -0.39 is 0 Å². The van der Waals surface area contributed by atoms with Crippen LogP contribution < -0.4 is 11.1 Å². The van der Waals surface area contributed by atoms with Crippen molar-refractivity contribution in [3.8, 4) is 5.75 Å². The molecule has 2 aromatic rings. The number of carbonyl (C=O) groups excluding carboxylic acids is 1. The number of rotatable bonds is 4. The Kier molecular flexibility index (Phi) is 4.25. The molecule has 0 fully saturated rings. The highest BCUT2D eigenvalue weighted by atomic mass is 16.3. The van der Waals surface area contributed by atoms with E-state index in [4.69, 9.17) is 5.73 Å². The number of benzene rings is 2. The molecule has 4 heteroatoms. The average molecular weight is 270 g/mol. The van der Waals surface area contributed by atoms with E-state index in [-0.39, 0.29) is 11.7 Å². The number of carbonyl (C=O) groups is 1. The lowest BCUT2D eigenvalue weighted by atomic mass is 10.1. The highest BCUT2D eigenvalue weighted by molar-refractivity contribution is 5.94. The van der Waals surface area contributed by atoms with E-state index in [2.05, 4.69) is 11.4 Å². The van der Waals surface area contributed by atoms with Crippen molar-refractivity contribution in [1.82, 2.24) is 0 Å². The Morgan fingerprint density at radius 1 is 1.25 bits per heavy atom. The van der Waals surface area contributed by atoms with Gasteiger partial charge in [0.1, 0.15) is 5.75 Å². The van der Waals surface area contributed by atoms with Crippen molar-refractivity contribution in [1.29, 1.82) is 0 Å². The summed E-state index contributed by atoms with van der Waals surface area (Å²) < 4.78 is 0. The number of nitrogen functional groups attached to an aromatic ring is 1. The molecule has 0 unspecified atom stereocenters. The lowest BCUT2D eigenvalue weighted by molar-refractivity contribution is -0.116. The maximum absolute atomic E-state index is 11.9. The molecule has 0 saturated heterocycles. The summed E-state index contributed by atoms with van der Waals surface area (Å²) in [7, 11) is 0. The summed E-state index contributed by atoms with van der Waals surface area (Å²) in [4.78, 5) is 11.9. The summed E-state index contributed by atoms with van der Waals surface area (Å²) in [5.74, 6) is -0.0100. The first-order valence-electron chi connectivity index (χ1n) is 6.48. The number of hydrogen-bond donors (Lipinski definition) is 3. The molecule has 0 aromatic heterocycles. The van der Waals surface area contributed by atoms with Crippen molar-refractivity contribution in [3.05, 3.63) is 53.6 Å². The molecular weight excluding hydrogens is 252 g/mol. The zero-order valence-corrected chi connectivity index (χ0v) is 11.4. The fraction of sp³-hybridized carbons (Fsp3) is 0.188. The van der Waals surface area contributed by atoms with Crippen molar-refractivity contribution in [2.75, 3.05) is 11.1 Å². The van der Waals surface area contributed by atoms with E-state index in [9.17, 15) is 9.90 Å². The first-order valence-corrected chi connectivity index (χ1v) is 6.48. The predicted molar refractivity (Wildman–Crippen MR) is 80.6 cm³/mol. The molecule has 1 amide bonds. The Morgan fingerprint density at radius 2 is 2.05 bits per heavy atom. The number of nitrogens with two attached hydrogens (primary N) is 1. The molecule has 0 aliphatic carbocycles. The molecule has 104 valence electrons. The molecule has 0 aliphatic heterocycles. The number of hydrogen-bond acceptors (Lipinski definition) is 3. The molecule has 4 nitrogen and oxygen atoms in total. The largest absolute Gasteiger partial charge is 0.508 e. The van der Waals surface area contributed by atoms with Crippen molar-refractivity contribution >= 4 is 17.3 Å². The van der Waals surface area contributed by atoms with E-state index in [1.54, 1.807) is 6.07 Å². The molecule has 20 heavy (non-hydrogen) atoms. The summed E-state index contributed by atoms with van der Waals surface area (Å²) in [6.45, 7) is 2.03. The van der Waals surface area contributed by atoms with Crippen LogP contribution in [-0.4, -0.2) is 11.0 Å². The lowest BCUT2D eigenvalue weighted by Crippen LogP contribution is -2.13. The third kappa shape index (κ3) is 3.75. The van der Waals surface area contributed by atoms with Gasteiger partial charge < -0.3 is 16.2 Å². The zero-order chi connectivity index (χ0) is 14.5. The van der Waals surface area contributed by atoms with Crippen molar-refractivity contribution < 1.29 is 9.90 Å². The normalized spacial score (nSPS) is 10.2. The van der Waals surface area contributed by atoms with Crippen molar-refractivity contribution in [2.45, 2.75) is 19.8 Å². The molecule has 0 heterocycles. The van der Waals surface area contributed by atoms with Gasteiger partial charge in [-0.25, -0.2) is 0 Å². The molecule has 2 aromatic carbocycles. The summed E-state index contributed by atoms with van der Waals surface area (Å²) in [5.41, 5.74) is 8.93. The van der Waals surface area contributed by atoms with Gasteiger partial charge in [-0.15, -0.1) is 0 Å². The highest BCUT2D eigenvalue weighted by Gasteiger charge is 2.06. The fourth-order valence-corrected chi connectivity index (χ4v) is 2.00. The van der Waals surface area contributed by atoms with Crippen LogP contribution in [0.3, 0.4) is 0 Å². The van der Waals surface area contributed by atoms with Crippen LogP contribution in [0.5, 0.6) is 5.75 Å². The van der Waals surface area contributed by atoms with Crippen molar-refractivity contribution in [3.63, 3.8) is 0 Å².